The first-order chi connectivity index (χ1) is 9.72. The van der Waals surface area contributed by atoms with Crippen molar-refractivity contribution in [1.29, 1.82) is 0 Å². The number of fused-ring (bicyclic) bond motifs is 2. The van der Waals surface area contributed by atoms with Crippen LogP contribution in [0.2, 0.25) is 0 Å². The van der Waals surface area contributed by atoms with Crippen molar-refractivity contribution in [2.75, 3.05) is 32.4 Å². The van der Waals surface area contributed by atoms with E-state index >= 15 is 0 Å². The number of nitrogens with two attached hydrogens (primary N) is 1. The molecule has 0 amide bonds. The Kier molecular flexibility index (Phi) is 4.27. The maximum absolute atomic E-state index is 5.83. The van der Waals surface area contributed by atoms with Gasteiger partial charge in [-0.15, -0.1) is 0 Å². The van der Waals surface area contributed by atoms with Crippen LogP contribution in [0.15, 0.2) is 24.3 Å². The van der Waals surface area contributed by atoms with E-state index in [1.165, 1.54) is 50.9 Å². The number of rotatable bonds is 4. The Labute approximate surface area is 122 Å². The minimum absolute atomic E-state index is 0.801. The summed E-state index contributed by atoms with van der Waals surface area (Å²) >= 11 is 0. The van der Waals surface area contributed by atoms with E-state index in [9.17, 15) is 0 Å². The third kappa shape index (κ3) is 3.15. The van der Waals surface area contributed by atoms with Crippen molar-refractivity contribution in [2.45, 2.75) is 44.2 Å². The number of benzene rings is 1. The van der Waals surface area contributed by atoms with Gasteiger partial charge in [-0.25, -0.2) is 0 Å². The molecule has 2 unspecified atom stereocenters. The van der Waals surface area contributed by atoms with Gasteiger partial charge >= 0.3 is 0 Å². The Hall–Kier alpha value is -1.06. The van der Waals surface area contributed by atoms with E-state index in [1.54, 1.807) is 0 Å². The summed E-state index contributed by atoms with van der Waals surface area (Å²) in [4.78, 5) is 5.30. The summed E-state index contributed by atoms with van der Waals surface area (Å²) in [6.45, 7) is 3.78. The summed E-state index contributed by atoms with van der Waals surface area (Å²) in [5.74, 6) is 0. The maximum Gasteiger partial charge on any atom is 0.0316 e. The lowest BCUT2D eigenvalue weighted by molar-refractivity contribution is 0.218. The van der Waals surface area contributed by atoms with Crippen molar-refractivity contribution in [3.63, 3.8) is 0 Å². The molecule has 3 rings (SSSR count). The molecule has 2 bridgehead atoms. The predicted molar refractivity (Wildman–Crippen MR) is 84.8 cm³/mol. The zero-order valence-electron chi connectivity index (χ0n) is 12.6. The van der Waals surface area contributed by atoms with Crippen LogP contribution in [0.4, 0.5) is 5.69 Å². The Morgan fingerprint density at radius 1 is 1.20 bits per heavy atom. The molecule has 0 spiro atoms. The normalized spacial score (nSPS) is 27.6. The van der Waals surface area contributed by atoms with Crippen LogP contribution in [-0.4, -0.2) is 48.6 Å². The molecule has 2 aliphatic rings. The molecule has 2 N–H and O–H groups in total. The second-order valence-corrected chi connectivity index (χ2v) is 6.49. The van der Waals surface area contributed by atoms with E-state index in [-0.39, 0.29) is 0 Å². The van der Waals surface area contributed by atoms with Crippen molar-refractivity contribution in [2.24, 2.45) is 0 Å². The van der Waals surface area contributed by atoms with Crippen LogP contribution >= 0.6 is 0 Å². The lowest BCUT2D eigenvalue weighted by atomic mass is 10.1. The molecular weight excluding hydrogens is 246 g/mol. The first-order valence-corrected chi connectivity index (χ1v) is 8.01. The van der Waals surface area contributed by atoms with Crippen LogP contribution < -0.4 is 5.73 Å². The Balaban J connectivity index is 1.47. The van der Waals surface area contributed by atoms with Crippen LogP contribution in [-0.2, 0) is 6.42 Å². The molecule has 1 aromatic rings. The van der Waals surface area contributed by atoms with Crippen molar-refractivity contribution < 1.29 is 0 Å². The smallest absolute Gasteiger partial charge is 0.0316 e. The molecule has 2 saturated heterocycles. The zero-order chi connectivity index (χ0) is 13.9. The summed E-state index contributed by atoms with van der Waals surface area (Å²) in [5.41, 5.74) is 8.09. The molecular formula is C17H27N3. The molecule has 3 heteroatoms. The van der Waals surface area contributed by atoms with Crippen LogP contribution in [0.3, 0.4) is 0 Å². The van der Waals surface area contributed by atoms with Crippen molar-refractivity contribution in [3.8, 4) is 0 Å². The topological polar surface area (TPSA) is 32.5 Å². The van der Waals surface area contributed by atoms with E-state index in [0.29, 0.717) is 0 Å². The summed E-state index contributed by atoms with van der Waals surface area (Å²) in [5, 5.41) is 0. The second-order valence-electron chi connectivity index (χ2n) is 6.49. The fourth-order valence-electron chi connectivity index (χ4n) is 3.84. The van der Waals surface area contributed by atoms with Gasteiger partial charge in [-0.2, -0.15) is 0 Å². The second kappa shape index (κ2) is 6.15. The molecule has 0 radical (unpaired) electrons. The number of hydrogen-bond donors (Lipinski definition) is 1. The molecule has 1 aromatic carbocycles. The zero-order valence-corrected chi connectivity index (χ0v) is 12.6. The molecule has 3 nitrogen and oxygen atoms in total. The predicted octanol–water partition coefficient (Wildman–Crippen LogP) is 2.37. The van der Waals surface area contributed by atoms with Gasteiger partial charge in [0.15, 0.2) is 0 Å². The van der Waals surface area contributed by atoms with Crippen molar-refractivity contribution in [3.05, 3.63) is 29.8 Å². The Bertz CT molecular complexity index is 446. The summed E-state index contributed by atoms with van der Waals surface area (Å²) in [7, 11) is 2.32. The monoisotopic (exact) mass is 273 g/mol. The van der Waals surface area contributed by atoms with Crippen molar-refractivity contribution >= 4 is 5.69 Å². The molecule has 2 atom stereocenters. The third-order valence-electron chi connectivity index (χ3n) is 5.12. The fourth-order valence-corrected chi connectivity index (χ4v) is 3.84. The van der Waals surface area contributed by atoms with Gasteiger partial charge in [0.05, 0.1) is 0 Å². The fraction of sp³-hybridized carbons (Fsp3) is 0.647. The van der Waals surface area contributed by atoms with Gasteiger partial charge in [0.2, 0.25) is 0 Å². The first kappa shape index (κ1) is 13.9. The summed E-state index contributed by atoms with van der Waals surface area (Å²) in [6, 6.07) is 9.97. The van der Waals surface area contributed by atoms with Crippen LogP contribution in [0.25, 0.3) is 0 Å². The molecule has 2 fully saturated rings. The van der Waals surface area contributed by atoms with Gasteiger partial charge in [0.1, 0.15) is 0 Å². The quantitative estimate of drug-likeness (QED) is 0.855. The number of likely N-dealkylation sites (N-methyl/N-ethyl adjacent to an activating group) is 1. The van der Waals surface area contributed by atoms with E-state index in [1.807, 2.05) is 6.07 Å². The van der Waals surface area contributed by atoms with E-state index in [2.05, 4.69) is 35.0 Å². The molecule has 20 heavy (non-hydrogen) atoms. The molecule has 0 aliphatic carbocycles. The van der Waals surface area contributed by atoms with Gasteiger partial charge in [-0.05, 0) is 69.9 Å². The highest BCUT2D eigenvalue weighted by atomic mass is 15.3. The maximum atomic E-state index is 5.83. The van der Waals surface area contributed by atoms with Gasteiger partial charge in [-0.3, -0.25) is 4.90 Å². The van der Waals surface area contributed by atoms with Crippen LogP contribution in [0.5, 0.6) is 0 Å². The number of hydrogen-bond acceptors (Lipinski definition) is 3. The van der Waals surface area contributed by atoms with Gasteiger partial charge in [0, 0.05) is 24.3 Å². The number of likely N-dealkylation sites (tertiary alicyclic amines) is 1. The average Bonchev–Trinajstić information content (AvgIpc) is 2.66. The Morgan fingerprint density at radius 3 is 2.90 bits per heavy atom. The molecule has 2 aliphatic heterocycles. The Morgan fingerprint density at radius 2 is 2.05 bits per heavy atom. The number of anilines is 1. The van der Waals surface area contributed by atoms with E-state index in [4.69, 9.17) is 5.73 Å². The molecule has 0 aromatic heterocycles. The summed E-state index contributed by atoms with van der Waals surface area (Å²) in [6.07, 6.45) is 6.55. The number of nitrogens with zero attached hydrogens (tertiary/aromatic N) is 2. The van der Waals surface area contributed by atoms with E-state index < -0.39 is 0 Å². The van der Waals surface area contributed by atoms with Gasteiger partial charge in [0.25, 0.3) is 0 Å². The SMILES string of the molecule is CN1C2CCC1CN(CCCc1cccc(N)c1)CC2. The largest absolute Gasteiger partial charge is 0.399 e. The van der Waals surface area contributed by atoms with Crippen LogP contribution in [0.1, 0.15) is 31.2 Å². The highest BCUT2D eigenvalue weighted by Crippen LogP contribution is 2.28. The molecule has 0 saturated carbocycles. The highest BCUT2D eigenvalue weighted by Gasteiger charge is 2.34. The van der Waals surface area contributed by atoms with E-state index in [0.717, 1.165) is 24.2 Å². The molecule has 2 heterocycles. The lowest BCUT2D eigenvalue weighted by Gasteiger charge is -2.25. The average molecular weight is 273 g/mol. The van der Waals surface area contributed by atoms with Gasteiger partial charge in [-0.1, -0.05) is 12.1 Å². The summed E-state index contributed by atoms with van der Waals surface area (Å²) < 4.78 is 0. The van der Waals surface area contributed by atoms with Crippen molar-refractivity contribution in [1.82, 2.24) is 9.80 Å². The standard InChI is InChI=1S/C17H27N3/c1-19-16-7-8-17(19)13-20(11-9-16)10-3-5-14-4-2-6-15(18)12-14/h2,4,6,12,16-17H,3,5,7-11,13,18H2,1H3. The van der Waals surface area contributed by atoms with Crippen LogP contribution in [0, 0.1) is 0 Å². The minimum atomic E-state index is 0.801. The number of nitrogen functional groups attached to an aromatic ring is 1. The lowest BCUT2D eigenvalue weighted by Crippen LogP contribution is -2.37. The first-order valence-electron chi connectivity index (χ1n) is 8.01. The van der Waals surface area contributed by atoms with Gasteiger partial charge < -0.3 is 10.6 Å². The third-order valence-corrected chi connectivity index (χ3v) is 5.12. The highest BCUT2D eigenvalue weighted by molar-refractivity contribution is 5.40. The molecule has 110 valence electrons. The minimum Gasteiger partial charge on any atom is -0.399 e. The number of aryl methyl sites for hydroxylation is 1.